The maximum Gasteiger partial charge on any atom is 0.472 e. The molecule has 0 bridgehead atoms. The number of nitrogens with one attached hydrogen (secondary N) is 1. The number of aliphatic hydroxyl groups excluding tert-OH is 1. The van der Waals surface area contributed by atoms with Crippen molar-refractivity contribution in [3.63, 3.8) is 0 Å². The van der Waals surface area contributed by atoms with Crippen molar-refractivity contribution in [3.05, 3.63) is 48.6 Å². The van der Waals surface area contributed by atoms with Crippen LogP contribution in [0, 0.1) is 0 Å². The molecule has 0 saturated carbocycles. The number of likely N-dealkylation sites (N-methyl/N-ethyl adjacent to an activating group) is 1. The lowest BCUT2D eigenvalue weighted by atomic mass is 10.0. The summed E-state index contributed by atoms with van der Waals surface area (Å²) in [7, 11) is 1.54. The van der Waals surface area contributed by atoms with Crippen LogP contribution in [0.15, 0.2) is 48.6 Å². The maximum absolute atomic E-state index is 12.9. The van der Waals surface area contributed by atoms with Gasteiger partial charge < -0.3 is 19.8 Å². The van der Waals surface area contributed by atoms with Crippen LogP contribution in [0.4, 0.5) is 0 Å². The second-order valence-electron chi connectivity index (χ2n) is 17.1. The fraction of sp³-hybridized carbons (Fsp3) is 0.812. The first-order valence-corrected chi connectivity index (χ1v) is 25.0. The first-order valence-electron chi connectivity index (χ1n) is 23.5. The summed E-state index contributed by atoms with van der Waals surface area (Å²) in [6, 6.07) is -0.871. The summed E-state index contributed by atoms with van der Waals surface area (Å²) in [5, 5.41) is 13.8. The van der Waals surface area contributed by atoms with Crippen LogP contribution >= 0.6 is 7.82 Å². The summed E-state index contributed by atoms with van der Waals surface area (Å²) in [5.41, 5.74) is 0. The van der Waals surface area contributed by atoms with Gasteiger partial charge in [0.2, 0.25) is 5.91 Å². The Kier molecular flexibility index (Phi) is 38.8. The van der Waals surface area contributed by atoms with Crippen LogP contribution in [0.2, 0.25) is 0 Å². The van der Waals surface area contributed by atoms with E-state index >= 15 is 0 Å². The van der Waals surface area contributed by atoms with Crippen molar-refractivity contribution in [2.45, 2.75) is 212 Å². The number of allylic oxidation sites excluding steroid dienone is 7. The van der Waals surface area contributed by atoms with Crippen LogP contribution in [0.25, 0.3) is 0 Å². The van der Waals surface area contributed by atoms with Gasteiger partial charge in [-0.25, -0.2) is 4.57 Å². The van der Waals surface area contributed by atoms with Crippen LogP contribution in [-0.4, -0.2) is 73.4 Å². The molecule has 0 rings (SSSR count). The Balaban J connectivity index is 4.36. The van der Waals surface area contributed by atoms with Crippen molar-refractivity contribution < 1.29 is 32.9 Å². The van der Waals surface area contributed by atoms with Crippen molar-refractivity contribution >= 4 is 13.7 Å². The number of aliphatic hydroxyl groups is 1. The van der Waals surface area contributed by atoms with Crippen molar-refractivity contribution in [1.82, 2.24) is 5.32 Å². The van der Waals surface area contributed by atoms with E-state index in [0.29, 0.717) is 17.4 Å². The number of rotatable bonds is 42. The zero-order valence-electron chi connectivity index (χ0n) is 37.8. The molecular formula is C48H92N2O6P+. The van der Waals surface area contributed by atoms with E-state index in [0.717, 1.165) is 51.4 Å². The highest BCUT2D eigenvalue weighted by Gasteiger charge is 2.27. The fourth-order valence-corrected chi connectivity index (χ4v) is 7.21. The first-order chi connectivity index (χ1) is 27.5. The van der Waals surface area contributed by atoms with Crippen LogP contribution in [-0.2, 0) is 18.4 Å². The Labute approximate surface area is 352 Å². The molecule has 0 heterocycles. The minimum atomic E-state index is -4.35. The average molecular weight is 824 g/mol. The molecule has 0 saturated heterocycles. The summed E-state index contributed by atoms with van der Waals surface area (Å²) in [5.74, 6) is -0.197. The molecule has 334 valence electrons. The van der Waals surface area contributed by atoms with Gasteiger partial charge in [-0.1, -0.05) is 172 Å². The summed E-state index contributed by atoms with van der Waals surface area (Å²) in [6.07, 6.45) is 50.5. The summed E-state index contributed by atoms with van der Waals surface area (Å²) < 4.78 is 23.5. The van der Waals surface area contributed by atoms with Gasteiger partial charge in [-0.15, -0.1) is 0 Å². The second kappa shape index (κ2) is 39.9. The molecule has 0 aliphatic rings. The highest BCUT2D eigenvalue weighted by atomic mass is 31.2. The monoisotopic (exact) mass is 824 g/mol. The Bertz CT molecular complexity index is 1070. The van der Waals surface area contributed by atoms with E-state index < -0.39 is 20.0 Å². The van der Waals surface area contributed by atoms with Crippen LogP contribution in [0.5, 0.6) is 0 Å². The third-order valence-corrected chi connectivity index (χ3v) is 11.2. The number of amides is 1. The molecule has 0 aromatic rings. The Morgan fingerprint density at radius 1 is 0.579 bits per heavy atom. The van der Waals surface area contributed by atoms with Crippen LogP contribution < -0.4 is 5.32 Å². The molecule has 8 nitrogen and oxygen atoms in total. The van der Waals surface area contributed by atoms with E-state index in [9.17, 15) is 19.4 Å². The molecule has 0 radical (unpaired) electrons. The van der Waals surface area contributed by atoms with Gasteiger partial charge >= 0.3 is 7.82 Å². The number of hydrogen-bond donors (Lipinski definition) is 3. The van der Waals surface area contributed by atoms with Gasteiger partial charge in [-0.2, -0.15) is 0 Å². The standard InChI is InChI=1S/C48H91N2O6P/c1-6-8-10-12-14-16-18-20-21-22-23-24-25-26-27-28-30-32-34-36-38-40-42-48(52)49-46(45-56-57(53,54)55-44-43-50(3,4)5)47(51)41-39-37-35-33-31-29-19-17-15-13-11-9-7-2/h15,17,25-26,31,33,39,41,46-47,51H,6-14,16,18-24,27-30,32,34-38,40,42-45H2,1-5H3,(H-,49,52,53,54)/p+1/b17-15+,26-25-,33-31+,41-39+. The smallest absolute Gasteiger partial charge is 0.387 e. The van der Waals surface area contributed by atoms with Crippen molar-refractivity contribution in [2.75, 3.05) is 40.9 Å². The Morgan fingerprint density at radius 3 is 1.44 bits per heavy atom. The van der Waals surface area contributed by atoms with Crippen LogP contribution in [0.1, 0.15) is 200 Å². The fourth-order valence-electron chi connectivity index (χ4n) is 6.48. The van der Waals surface area contributed by atoms with Gasteiger partial charge in [0.1, 0.15) is 13.2 Å². The minimum absolute atomic E-state index is 0.0517. The molecule has 3 unspecified atom stereocenters. The third-order valence-electron chi connectivity index (χ3n) is 10.2. The number of hydrogen-bond acceptors (Lipinski definition) is 5. The molecule has 1 amide bonds. The predicted octanol–water partition coefficient (Wildman–Crippen LogP) is 13.2. The summed E-state index contributed by atoms with van der Waals surface area (Å²) in [4.78, 5) is 23.1. The number of unbranched alkanes of at least 4 members (excludes halogenated alkanes) is 23. The zero-order valence-corrected chi connectivity index (χ0v) is 38.7. The lowest BCUT2D eigenvalue weighted by molar-refractivity contribution is -0.870. The lowest BCUT2D eigenvalue weighted by Gasteiger charge is -2.25. The van der Waals surface area contributed by atoms with E-state index in [1.54, 1.807) is 6.08 Å². The number of quaternary nitrogens is 1. The van der Waals surface area contributed by atoms with Gasteiger partial charge in [0, 0.05) is 6.42 Å². The van der Waals surface area contributed by atoms with Crippen molar-refractivity contribution in [2.24, 2.45) is 0 Å². The number of phosphoric acid groups is 1. The van der Waals surface area contributed by atoms with Gasteiger partial charge in [0.05, 0.1) is 39.9 Å². The normalized spacial score (nSPS) is 14.7. The molecule has 0 aromatic heterocycles. The average Bonchev–Trinajstić information content (AvgIpc) is 3.16. The number of carbonyl (C=O) groups is 1. The molecular weight excluding hydrogens is 732 g/mol. The molecule has 0 aromatic carbocycles. The highest BCUT2D eigenvalue weighted by Crippen LogP contribution is 2.43. The second-order valence-corrected chi connectivity index (χ2v) is 18.6. The number of phosphoric ester groups is 1. The Hall–Kier alpha value is -1.54. The molecule has 0 spiro atoms. The topological polar surface area (TPSA) is 105 Å². The van der Waals surface area contributed by atoms with Crippen LogP contribution in [0.3, 0.4) is 0 Å². The highest BCUT2D eigenvalue weighted by molar-refractivity contribution is 7.47. The Morgan fingerprint density at radius 2 is 0.965 bits per heavy atom. The van der Waals surface area contributed by atoms with Gasteiger partial charge in [-0.3, -0.25) is 13.8 Å². The van der Waals surface area contributed by atoms with Crippen molar-refractivity contribution in [1.29, 1.82) is 0 Å². The third kappa shape index (κ3) is 42.4. The molecule has 3 N–H and O–H groups in total. The summed E-state index contributed by atoms with van der Waals surface area (Å²) >= 11 is 0. The molecule has 9 heteroatoms. The number of carbonyl (C=O) groups excluding carboxylic acids is 1. The molecule has 57 heavy (non-hydrogen) atoms. The number of nitrogens with zero attached hydrogens (tertiary/aromatic N) is 1. The zero-order chi connectivity index (χ0) is 42.1. The first kappa shape index (κ1) is 55.5. The maximum atomic E-state index is 12.9. The lowest BCUT2D eigenvalue weighted by Crippen LogP contribution is -2.45. The predicted molar refractivity (Wildman–Crippen MR) is 244 cm³/mol. The van der Waals surface area contributed by atoms with E-state index in [1.165, 1.54) is 128 Å². The van der Waals surface area contributed by atoms with E-state index in [-0.39, 0.29) is 19.1 Å². The molecule has 3 atom stereocenters. The van der Waals surface area contributed by atoms with E-state index in [4.69, 9.17) is 9.05 Å². The van der Waals surface area contributed by atoms with Gasteiger partial charge in [0.15, 0.2) is 0 Å². The molecule has 0 aliphatic heterocycles. The minimum Gasteiger partial charge on any atom is -0.387 e. The quantitative estimate of drug-likeness (QED) is 0.0245. The largest absolute Gasteiger partial charge is 0.472 e. The molecule has 0 aliphatic carbocycles. The van der Waals surface area contributed by atoms with Crippen molar-refractivity contribution in [3.8, 4) is 0 Å². The molecule has 0 fully saturated rings. The van der Waals surface area contributed by atoms with Gasteiger partial charge in [-0.05, 0) is 70.6 Å². The summed E-state index contributed by atoms with van der Waals surface area (Å²) in [6.45, 7) is 4.75. The van der Waals surface area contributed by atoms with Gasteiger partial charge in [0.25, 0.3) is 0 Å². The SMILES string of the molecule is CCCCC/C=C/CC/C=C/CC/C=C/C(O)C(COP(=O)(O)OCC[N+](C)(C)C)NC(=O)CCCCCCCCC/C=C\CCCCCCCCCCCCC. The van der Waals surface area contributed by atoms with E-state index in [2.05, 4.69) is 55.6 Å². The van der Waals surface area contributed by atoms with E-state index in [1.807, 2.05) is 27.2 Å².